The number of benzene rings is 2. The zero-order chi connectivity index (χ0) is 18.8. The number of aromatic nitrogens is 2. The summed E-state index contributed by atoms with van der Waals surface area (Å²) in [6, 6.07) is 14.1. The van der Waals surface area contributed by atoms with Crippen molar-refractivity contribution in [2.75, 3.05) is 5.32 Å². The lowest BCUT2D eigenvalue weighted by atomic mass is 9.98. The normalized spacial score (nSPS) is 12.3. The topological polar surface area (TPSA) is 56.0 Å². The van der Waals surface area contributed by atoms with Crippen LogP contribution in [0.2, 0.25) is 0 Å². The second kappa shape index (κ2) is 7.20. The molecule has 0 aliphatic carbocycles. The molecule has 1 atom stereocenters. The van der Waals surface area contributed by atoms with E-state index in [2.05, 4.69) is 43.4 Å². The lowest BCUT2D eigenvalue weighted by Crippen LogP contribution is -2.36. The monoisotopic (exact) mass is 351 g/mol. The molecular formula is C21H25N3O2. The highest BCUT2D eigenvalue weighted by molar-refractivity contribution is 5.81. The molecule has 1 N–H and O–H groups in total. The maximum atomic E-state index is 12.2. The Balaban J connectivity index is 1.84. The maximum absolute atomic E-state index is 12.2. The van der Waals surface area contributed by atoms with Crippen molar-refractivity contribution >= 4 is 16.6 Å². The molecule has 3 aromatic rings. The molecular weight excluding hydrogens is 326 g/mol. The van der Waals surface area contributed by atoms with Gasteiger partial charge in [-0.3, -0.25) is 13.9 Å². The van der Waals surface area contributed by atoms with Crippen molar-refractivity contribution in [3.63, 3.8) is 0 Å². The van der Waals surface area contributed by atoms with Gasteiger partial charge < -0.3 is 5.32 Å². The summed E-state index contributed by atoms with van der Waals surface area (Å²) in [7, 11) is 3.18. The van der Waals surface area contributed by atoms with Crippen LogP contribution >= 0.6 is 0 Å². The van der Waals surface area contributed by atoms with Crippen molar-refractivity contribution in [3.05, 3.63) is 74.4 Å². The molecule has 1 aromatic heterocycles. The molecule has 0 aliphatic heterocycles. The standard InChI is InChI=1S/C21H25N3O2/c1-5-14(2)16-8-6-15(7-9-16)13-22-17-10-11-18-19(12-17)23(3)21(26)24(4)20(18)25/h6-12,14,22H,5,13H2,1-4H3. The molecule has 3 rings (SSSR count). The zero-order valence-electron chi connectivity index (χ0n) is 15.7. The fourth-order valence-corrected chi connectivity index (χ4v) is 3.10. The number of anilines is 1. The Morgan fingerprint density at radius 1 is 1.00 bits per heavy atom. The average Bonchev–Trinajstić information content (AvgIpc) is 2.68. The van der Waals surface area contributed by atoms with Crippen molar-refractivity contribution in [2.45, 2.75) is 32.7 Å². The van der Waals surface area contributed by atoms with Gasteiger partial charge in [-0.25, -0.2) is 4.79 Å². The molecule has 0 bridgehead atoms. The molecule has 0 aliphatic rings. The number of fused-ring (bicyclic) bond motifs is 1. The molecule has 0 radical (unpaired) electrons. The van der Waals surface area contributed by atoms with Gasteiger partial charge in [0.05, 0.1) is 10.9 Å². The summed E-state index contributed by atoms with van der Waals surface area (Å²) in [5.74, 6) is 0.571. The molecule has 0 amide bonds. The Morgan fingerprint density at radius 3 is 2.35 bits per heavy atom. The SMILES string of the molecule is CCC(C)c1ccc(CNc2ccc3c(=O)n(C)c(=O)n(C)c3c2)cc1. The van der Waals surface area contributed by atoms with E-state index in [1.165, 1.54) is 22.7 Å². The van der Waals surface area contributed by atoms with Crippen LogP contribution in [0.4, 0.5) is 5.69 Å². The third kappa shape index (κ3) is 3.29. The molecule has 0 saturated carbocycles. The highest BCUT2D eigenvalue weighted by Gasteiger charge is 2.09. The van der Waals surface area contributed by atoms with Crippen LogP contribution in [0.25, 0.3) is 10.9 Å². The van der Waals surface area contributed by atoms with Crippen molar-refractivity contribution in [2.24, 2.45) is 14.1 Å². The zero-order valence-corrected chi connectivity index (χ0v) is 15.7. The molecule has 1 unspecified atom stereocenters. The maximum Gasteiger partial charge on any atom is 0.330 e. The average molecular weight is 351 g/mol. The summed E-state index contributed by atoms with van der Waals surface area (Å²) >= 11 is 0. The number of nitrogens with one attached hydrogen (secondary N) is 1. The van der Waals surface area contributed by atoms with Gasteiger partial charge in [-0.2, -0.15) is 0 Å². The van der Waals surface area contributed by atoms with Gasteiger partial charge in [-0.05, 0) is 41.7 Å². The van der Waals surface area contributed by atoms with Crippen molar-refractivity contribution in [1.82, 2.24) is 9.13 Å². The fraction of sp³-hybridized carbons (Fsp3) is 0.333. The second-order valence-electron chi connectivity index (χ2n) is 6.84. The summed E-state index contributed by atoms with van der Waals surface area (Å²) in [6.07, 6.45) is 1.13. The van der Waals surface area contributed by atoms with Gasteiger partial charge in [0.1, 0.15) is 0 Å². The first-order valence-electron chi connectivity index (χ1n) is 8.94. The minimum Gasteiger partial charge on any atom is -0.381 e. The van der Waals surface area contributed by atoms with Crippen LogP contribution in [0.5, 0.6) is 0 Å². The van der Waals surface area contributed by atoms with E-state index in [9.17, 15) is 9.59 Å². The molecule has 0 spiro atoms. The molecule has 5 heteroatoms. The summed E-state index contributed by atoms with van der Waals surface area (Å²) in [4.78, 5) is 24.3. The second-order valence-corrected chi connectivity index (χ2v) is 6.84. The van der Waals surface area contributed by atoms with Gasteiger partial charge in [-0.15, -0.1) is 0 Å². The summed E-state index contributed by atoms with van der Waals surface area (Å²) in [5.41, 5.74) is 3.47. The van der Waals surface area contributed by atoms with Crippen molar-refractivity contribution in [1.29, 1.82) is 0 Å². The van der Waals surface area contributed by atoms with Crippen molar-refractivity contribution in [3.8, 4) is 0 Å². The minimum atomic E-state index is -0.319. The summed E-state index contributed by atoms with van der Waals surface area (Å²) in [5, 5.41) is 3.91. The van der Waals surface area contributed by atoms with Crippen LogP contribution in [-0.2, 0) is 20.6 Å². The van der Waals surface area contributed by atoms with E-state index >= 15 is 0 Å². The van der Waals surface area contributed by atoms with Crippen LogP contribution in [-0.4, -0.2) is 9.13 Å². The largest absolute Gasteiger partial charge is 0.381 e. The number of rotatable bonds is 5. The summed E-state index contributed by atoms with van der Waals surface area (Å²) in [6.45, 7) is 5.11. The summed E-state index contributed by atoms with van der Waals surface area (Å²) < 4.78 is 2.64. The van der Waals surface area contributed by atoms with Gasteiger partial charge >= 0.3 is 5.69 Å². The molecule has 136 valence electrons. The van der Waals surface area contributed by atoms with Gasteiger partial charge in [0.25, 0.3) is 5.56 Å². The number of hydrogen-bond acceptors (Lipinski definition) is 3. The van der Waals surface area contributed by atoms with Gasteiger partial charge in [-0.1, -0.05) is 38.1 Å². The van der Waals surface area contributed by atoms with E-state index in [4.69, 9.17) is 0 Å². The fourth-order valence-electron chi connectivity index (χ4n) is 3.10. The number of hydrogen-bond donors (Lipinski definition) is 1. The lowest BCUT2D eigenvalue weighted by molar-refractivity contribution is 0.713. The van der Waals surface area contributed by atoms with Gasteiger partial charge in [0.15, 0.2) is 0 Å². The van der Waals surface area contributed by atoms with Gasteiger partial charge in [0.2, 0.25) is 0 Å². The number of nitrogens with zero attached hydrogens (tertiary/aromatic N) is 2. The van der Waals surface area contributed by atoms with Crippen LogP contribution in [0.3, 0.4) is 0 Å². The Labute approximate surface area is 152 Å². The molecule has 2 aromatic carbocycles. The van der Waals surface area contributed by atoms with Crippen LogP contribution in [0, 0.1) is 0 Å². The third-order valence-corrected chi connectivity index (χ3v) is 5.13. The first-order valence-corrected chi connectivity index (χ1v) is 8.94. The van der Waals surface area contributed by atoms with Crippen molar-refractivity contribution < 1.29 is 0 Å². The first-order chi connectivity index (χ1) is 12.4. The van der Waals surface area contributed by atoms with E-state index in [-0.39, 0.29) is 11.2 Å². The predicted octanol–water partition coefficient (Wildman–Crippen LogP) is 3.36. The predicted molar refractivity (Wildman–Crippen MR) is 107 cm³/mol. The molecule has 0 fully saturated rings. The Hall–Kier alpha value is -2.82. The smallest absolute Gasteiger partial charge is 0.330 e. The van der Waals surface area contributed by atoms with E-state index in [1.54, 1.807) is 13.1 Å². The third-order valence-electron chi connectivity index (χ3n) is 5.13. The van der Waals surface area contributed by atoms with Gasteiger partial charge in [0, 0.05) is 26.3 Å². The van der Waals surface area contributed by atoms with E-state index in [0.717, 1.165) is 16.7 Å². The van der Waals surface area contributed by atoms with Crippen LogP contribution in [0.1, 0.15) is 37.3 Å². The van der Waals surface area contributed by atoms with E-state index in [0.29, 0.717) is 23.4 Å². The lowest BCUT2D eigenvalue weighted by Gasteiger charge is -2.12. The Kier molecular flexibility index (Phi) is 4.98. The van der Waals surface area contributed by atoms with E-state index < -0.39 is 0 Å². The minimum absolute atomic E-state index is 0.268. The molecule has 1 heterocycles. The molecule has 0 saturated heterocycles. The van der Waals surface area contributed by atoms with Crippen LogP contribution < -0.4 is 16.6 Å². The van der Waals surface area contributed by atoms with Crippen LogP contribution in [0.15, 0.2) is 52.1 Å². The quantitative estimate of drug-likeness (QED) is 0.767. The molecule has 5 nitrogen and oxygen atoms in total. The van der Waals surface area contributed by atoms with E-state index in [1.807, 2.05) is 12.1 Å². The first kappa shape index (κ1) is 18.0. The number of aryl methyl sites for hydroxylation is 1. The Bertz CT molecular complexity index is 1050. The molecule has 26 heavy (non-hydrogen) atoms. The Morgan fingerprint density at radius 2 is 1.69 bits per heavy atom. The highest BCUT2D eigenvalue weighted by atomic mass is 16.2. The highest BCUT2D eigenvalue weighted by Crippen LogP contribution is 2.20.